The second-order valence-corrected chi connectivity index (χ2v) is 7.19. The lowest BCUT2D eigenvalue weighted by molar-refractivity contribution is 0.135. The summed E-state index contributed by atoms with van der Waals surface area (Å²) in [5.74, 6) is -0.597. The van der Waals surface area contributed by atoms with Crippen LogP contribution < -0.4 is 0 Å². The molecule has 0 radical (unpaired) electrons. The molecule has 2 rings (SSSR count). The van der Waals surface area contributed by atoms with Crippen LogP contribution in [0.4, 0.5) is 4.39 Å². The molecule has 7 heteroatoms. The van der Waals surface area contributed by atoms with Gasteiger partial charge in [0, 0.05) is 31.2 Å². The maximum atomic E-state index is 13.4. The van der Waals surface area contributed by atoms with Crippen molar-refractivity contribution >= 4 is 10.0 Å². The Morgan fingerprint density at radius 3 is 2.67 bits per heavy atom. The molecule has 1 aromatic carbocycles. The number of halogens is 1. The van der Waals surface area contributed by atoms with Crippen molar-refractivity contribution in [1.29, 1.82) is 0 Å². The number of nitrogens with zero attached hydrogens (tertiary/aromatic N) is 2. The lowest BCUT2D eigenvalue weighted by Crippen LogP contribution is -2.53. The van der Waals surface area contributed by atoms with Crippen molar-refractivity contribution in [2.75, 3.05) is 26.2 Å². The Morgan fingerprint density at radius 2 is 2.10 bits per heavy atom. The summed E-state index contributed by atoms with van der Waals surface area (Å²) < 4.78 is 40.0. The molecule has 1 fully saturated rings. The molecule has 1 atom stereocenters. The second kappa shape index (κ2) is 6.39. The van der Waals surface area contributed by atoms with Gasteiger partial charge in [-0.1, -0.05) is 6.92 Å². The van der Waals surface area contributed by atoms with Crippen LogP contribution in [-0.2, 0) is 16.6 Å². The number of aliphatic hydroxyl groups is 1. The minimum atomic E-state index is -3.65. The number of aliphatic hydroxyl groups excluding tert-OH is 1. The highest BCUT2D eigenvalue weighted by Gasteiger charge is 2.31. The molecular formula is C14H21FN2O3S. The van der Waals surface area contributed by atoms with Crippen molar-refractivity contribution in [3.63, 3.8) is 0 Å². The monoisotopic (exact) mass is 316 g/mol. The van der Waals surface area contributed by atoms with Gasteiger partial charge in [-0.15, -0.1) is 0 Å². The van der Waals surface area contributed by atoms with Gasteiger partial charge >= 0.3 is 0 Å². The molecule has 1 aliphatic heterocycles. The number of rotatable bonds is 4. The van der Waals surface area contributed by atoms with E-state index in [1.807, 2.05) is 13.8 Å². The van der Waals surface area contributed by atoms with Crippen molar-refractivity contribution in [2.24, 2.45) is 0 Å². The van der Waals surface area contributed by atoms with E-state index >= 15 is 0 Å². The summed E-state index contributed by atoms with van der Waals surface area (Å²) >= 11 is 0. The van der Waals surface area contributed by atoms with Crippen molar-refractivity contribution in [3.8, 4) is 0 Å². The summed E-state index contributed by atoms with van der Waals surface area (Å²) in [5, 5.41) is 9.07. The Bertz CT molecular complexity index is 606. The van der Waals surface area contributed by atoms with Gasteiger partial charge in [0.2, 0.25) is 10.0 Å². The standard InChI is InChI=1S/C14H21FN2O3S/c1-3-16-6-7-17(9-11(16)2)21(19,20)13-4-5-14(15)12(8-13)10-18/h4-5,8,11,18H,3,6-7,9-10H2,1-2H3. The topological polar surface area (TPSA) is 60.9 Å². The minimum absolute atomic E-state index is 0.00341. The van der Waals surface area contributed by atoms with Gasteiger partial charge in [-0.3, -0.25) is 4.90 Å². The van der Waals surface area contributed by atoms with Crippen molar-refractivity contribution in [1.82, 2.24) is 9.21 Å². The average Bonchev–Trinajstić information content (AvgIpc) is 2.47. The van der Waals surface area contributed by atoms with Crippen molar-refractivity contribution < 1.29 is 17.9 Å². The SMILES string of the molecule is CCN1CCN(S(=O)(=O)c2ccc(F)c(CO)c2)CC1C. The normalized spacial score (nSPS) is 21.6. The van der Waals surface area contributed by atoms with Crippen LogP contribution in [0.3, 0.4) is 0 Å². The van der Waals surface area contributed by atoms with E-state index in [1.165, 1.54) is 16.4 Å². The molecule has 0 amide bonds. The third kappa shape index (κ3) is 3.26. The van der Waals surface area contributed by atoms with E-state index in [-0.39, 0.29) is 16.5 Å². The molecule has 5 nitrogen and oxygen atoms in total. The van der Waals surface area contributed by atoms with Crippen LogP contribution >= 0.6 is 0 Å². The summed E-state index contributed by atoms with van der Waals surface area (Å²) in [6, 6.07) is 3.70. The zero-order chi connectivity index (χ0) is 15.6. The molecule has 0 spiro atoms. The summed E-state index contributed by atoms with van der Waals surface area (Å²) in [4.78, 5) is 2.25. The molecule has 0 aromatic heterocycles. The lowest BCUT2D eigenvalue weighted by atomic mass is 10.2. The van der Waals surface area contributed by atoms with E-state index in [2.05, 4.69) is 4.90 Å². The van der Waals surface area contributed by atoms with Crippen LogP contribution in [0.5, 0.6) is 0 Å². The predicted octanol–water partition coefficient (Wildman–Crippen LogP) is 1.03. The maximum absolute atomic E-state index is 13.4. The Hall–Kier alpha value is -1.02. The van der Waals surface area contributed by atoms with Gasteiger partial charge in [0.05, 0.1) is 11.5 Å². The molecular weight excluding hydrogens is 295 g/mol. The summed E-state index contributed by atoms with van der Waals surface area (Å²) in [6.07, 6.45) is 0. The fourth-order valence-corrected chi connectivity index (χ4v) is 4.20. The molecule has 1 heterocycles. The number of hydrogen-bond acceptors (Lipinski definition) is 4. The zero-order valence-corrected chi connectivity index (χ0v) is 13.1. The van der Waals surface area contributed by atoms with Gasteiger partial charge in [0.1, 0.15) is 5.82 Å². The highest BCUT2D eigenvalue weighted by Crippen LogP contribution is 2.22. The first kappa shape index (κ1) is 16.4. The molecule has 21 heavy (non-hydrogen) atoms. The molecule has 118 valence electrons. The van der Waals surface area contributed by atoms with Crippen LogP contribution in [-0.4, -0.2) is 55.0 Å². The third-order valence-electron chi connectivity index (χ3n) is 3.96. The zero-order valence-electron chi connectivity index (χ0n) is 12.3. The van der Waals surface area contributed by atoms with E-state index in [1.54, 1.807) is 0 Å². The Kier molecular flexibility index (Phi) is 4.98. The Morgan fingerprint density at radius 1 is 1.38 bits per heavy atom. The van der Waals surface area contributed by atoms with Gasteiger partial charge in [-0.05, 0) is 31.7 Å². The van der Waals surface area contributed by atoms with Crippen molar-refractivity contribution in [3.05, 3.63) is 29.6 Å². The fourth-order valence-electron chi connectivity index (χ4n) is 2.63. The van der Waals surface area contributed by atoms with Crippen LogP contribution in [0.2, 0.25) is 0 Å². The minimum Gasteiger partial charge on any atom is -0.392 e. The number of likely N-dealkylation sites (N-methyl/N-ethyl adjacent to an activating group) is 1. The molecule has 1 saturated heterocycles. The van der Waals surface area contributed by atoms with Crippen LogP contribution in [0.15, 0.2) is 23.1 Å². The number of benzene rings is 1. The molecule has 0 saturated carbocycles. The predicted molar refractivity (Wildman–Crippen MR) is 77.8 cm³/mol. The van der Waals surface area contributed by atoms with E-state index < -0.39 is 22.4 Å². The highest BCUT2D eigenvalue weighted by atomic mass is 32.2. The van der Waals surface area contributed by atoms with E-state index in [0.717, 1.165) is 12.6 Å². The molecule has 0 aliphatic carbocycles. The highest BCUT2D eigenvalue weighted by molar-refractivity contribution is 7.89. The molecule has 1 aliphatic rings. The number of sulfonamides is 1. The summed E-state index contributed by atoms with van der Waals surface area (Å²) in [6.45, 7) is 5.94. The molecule has 1 aromatic rings. The van der Waals surface area contributed by atoms with Crippen LogP contribution in [0.1, 0.15) is 19.4 Å². The molecule has 1 N–H and O–H groups in total. The van der Waals surface area contributed by atoms with Crippen LogP contribution in [0, 0.1) is 5.82 Å². The number of piperazine rings is 1. The Balaban J connectivity index is 2.26. The van der Waals surface area contributed by atoms with Gasteiger partial charge in [-0.2, -0.15) is 4.31 Å². The quantitative estimate of drug-likeness (QED) is 0.901. The van der Waals surface area contributed by atoms with E-state index in [9.17, 15) is 12.8 Å². The van der Waals surface area contributed by atoms with Gasteiger partial charge < -0.3 is 5.11 Å². The largest absolute Gasteiger partial charge is 0.392 e. The maximum Gasteiger partial charge on any atom is 0.243 e. The Labute approximate surface area is 125 Å². The van der Waals surface area contributed by atoms with E-state index in [4.69, 9.17) is 5.11 Å². The summed E-state index contributed by atoms with van der Waals surface area (Å²) in [7, 11) is -3.65. The molecule has 0 bridgehead atoms. The van der Waals surface area contributed by atoms with Crippen molar-refractivity contribution in [2.45, 2.75) is 31.4 Å². The average molecular weight is 316 g/mol. The smallest absolute Gasteiger partial charge is 0.243 e. The van der Waals surface area contributed by atoms with Gasteiger partial charge in [0.25, 0.3) is 0 Å². The first-order chi connectivity index (χ1) is 9.90. The van der Waals surface area contributed by atoms with Gasteiger partial charge in [0.15, 0.2) is 0 Å². The van der Waals surface area contributed by atoms with Crippen LogP contribution in [0.25, 0.3) is 0 Å². The van der Waals surface area contributed by atoms with Gasteiger partial charge in [-0.25, -0.2) is 12.8 Å². The molecule has 1 unspecified atom stereocenters. The third-order valence-corrected chi connectivity index (χ3v) is 5.82. The lowest BCUT2D eigenvalue weighted by Gasteiger charge is -2.38. The second-order valence-electron chi connectivity index (χ2n) is 5.25. The first-order valence-corrected chi connectivity index (χ1v) is 8.47. The summed E-state index contributed by atoms with van der Waals surface area (Å²) in [5.41, 5.74) is -0.00341. The first-order valence-electron chi connectivity index (χ1n) is 7.03. The van der Waals surface area contributed by atoms with E-state index in [0.29, 0.717) is 19.6 Å². The fraction of sp³-hybridized carbons (Fsp3) is 0.571. The number of hydrogen-bond donors (Lipinski definition) is 1.